The van der Waals surface area contributed by atoms with E-state index in [9.17, 15) is 4.79 Å². The van der Waals surface area contributed by atoms with Gasteiger partial charge in [-0.25, -0.2) is 0 Å². The van der Waals surface area contributed by atoms with Gasteiger partial charge in [-0.2, -0.15) is 0 Å². The average Bonchev–Trinajstić information content (AvgIpc) is 3.28. The number of carbonyl (C=O) groups excluding carboxylic acids is 1. The second-order valence-electron chi connectivity index (χ2n) is 6.61. The van der Waals surface area contributed by atoms with Crippen LogP contribution in [0.15, 0.2) is 32.7 Å². The van der Waals surface area contributed by atoms with Gasteiger partial charge in [-0.05, 0) is 63.0 Å². The van der Waals surface area contributed by atoms with Gasteiger partial charge in [-0.3, -0.25) is 9.69 Å². The first-order valence-corrected chi connectivity index (χ1v) is 11.1. The first-order valence-electron chi connectivity index (χ1n) is 8.60. The molecule has 0 radical (unpaired) electrons. The summed E-state index contributed by atoms with van der Waals surface area (Å²) in [6, 6.07) is 8.75. The molecule has 3 aliphatic heterocycles. The van der Waals surface area contributed by atoms with Crippen LogP contribution in [-0.4, -0.2) is 43.1 Å². The second-order valence-corrected chi connectivity index (χ2v) is 10.3. The molecule has 7 heteroatoms. The van der Waals surface area contributed by atoms with Crippen LogP contribution < -0.4 is 10.1 Å². The molecular weight excluding hydrogens is 372 g/mol. The van der Waals surface area contributed by atoms with Crippen LogP contribution in [0, 0.1) is 5.92 Å². The Balaban J connectivity index is 1.40. The lowest BCUT2D eigenvalue weighted by atomic mass is 9.79. The van der Waals surface area contributed by atoms with E-state index in [1.165, 1.54) is 30.1 Å². The number of piperidine rings is 3. The molecule has 2 bridgehead atoms. The van der Waals surface area contributed by atoms with E-state index >= 15 is 0 Å². The van der Waals surface area contributed by atoms with Gasteiger partial charge in [0.2, 0.25) is 0 Å². The summed E-state index contributed by atoms with van der Waals surface area (Å²) in [6.07, 6.45) is 2.42. The zero-order valence-electron chi connectivity index (χ0n) is 14.4. The molecule has 0 aliphatic carbocycles. The van der Waals surface area contributed by atoms with Crippen molar-refractivity contribution >= 4 is 40.3 Å². The Hall–Kier alpha value is -1.02. The number of thiophene rings is 2. The molecule has 3 fully saturated rings. The van der Waals surface area contributed by atoms with Gasteiger partial charge in [0.1, 0.15) is 0 Å². The number of fused-ring (bicyclic) bond motifs is 3. The van der Waals surface area contributed by atoms with E-state index in [1.54, 1.807) is 41.5 Å². The molecule has 5 heterocycles. The lowest BCUT2D eigenvalue weighted by Gasteiger charge is -2.49. The number of nitrogens with zero attached hydrogens (tertiary/aromatic N) is 1. The smallest absolute Gasteiger partial charge is 0.261 e. The van der Waals surface area contributed by atoms with E-state index in [2.05, 4.69) is 23.2 Å². The molecule has 3 saturated heterocycles. The Morgan fingerprint density at radius 2 is 1.92 bits per heavy atom. The number of ether oxygens (including phenoxy) is 1. The third-order valence-electron chi connectivity index (χ3n) is 5.24. The van der Waals surface area contributed by atoms with Gasteiger partial charge < -0.3 is 10.1 Å². The maximum absolute atomic E-state index is 12.7. The van der Waals surface area contributed by atoms with E-state index < -0.39 is 0 Å². The number of rotatable bonds is 5. The van der Waals surface area contributed by atoms with Crippen molar-refractivity contribution in [3.05, 3.63) is 29.1 Å². The summed E-state index contributed by atoms with van der Waals surface area (Å²) >= 11 is 4.88. The summed E-state index contributed by atoms with van der Waals surface area (Å²) < 4.78 is 7.55. The molecule has 25 heavy (non-hydrogen) atoms. The van der Waals surface area contributed by atoms with Crippen LogP contribution in [0.3, 0.4) is 0 Å². The molecule has 2 aromatic rings. The predicted octanol–water partition coefficient (Wildman–Crippen LogP) is 4.18. The van der Waals surface area contributed by atoms with Crippen LogP contribution >= 0.6 is 34.4 Å². The fourth-order valence-electron chi connectivity index (χ4n) is 3.83. The zero-order chi connectivity index (χ0) is 17.4. The van der Waals surface area contributed by atoms with Crippen molar-refractivity contribution in [2.45, 2.75) is 40.3 Å². The fourth-order valence-corrected chi connectivity index (χ4v) is 7.04. The second kappa shape index (κ2) is 7.31. The van der Waals surface area contributed by atoms with Gasteiger partial charge in [-0.15, -0.1) is 11.3 Å². The monoisotopic (exact) mass is 394 g/mol. The summed E-state index contributed by atoms with van der Waals surface area (Å²) in [5, 5.41) is 4.22. The van der Waals surface area contributed by atoms with Gasteiger partial charge in [0, 0.05) is 12.1 Å². The van der Waals surface area contributed by atoms with Crippen LogP contribution in [0.2, 0.25) is 0 Å². The Morgan fingerprint density at radius 3 is 2.60 bits per heavy atom. The Morgan fingerprint density at radius 1 is 1.20 bits per heavy atom. The maximum Gasteiger partial charge on any atom is 0.261 e. The van der Waals surface area contributed by atoms with Crippen molar-refractivity contribution in [1.29, 1.82) is 0 Å². The summed E-state index contributed by atoms with van der Waals surface area (Å²) in [5.41, 5.74) is 0. The third kappa shape index (κ3) is 3.60. The molecule has 0 saturated carbocycles. The number of nitrogens with one attached hydrogen (secondary N) is 1. The number of hydrogen-bond acceptors (Lipinski definition) is 6. The predicted molar refractivity (Wildman–Crippen MR) is 104 cm³/mol. The van der Waals surface area contributed by atoms with Gasteiger partial charge in [0.15, 0.2) is 5.06 Å². The largest absolute Gasteiger partial charge is 0.487 e. The molecule has 0 unspecified atom stereocenters. The average molecular weight is 395 g/mol. The van der Waals surface area contributed by atoms with Crippen LogP contribution in [0.1, 0.15) is 29.4 Å². The molecule has 2 aromatic heterocycles. The molecule has 134 valence electrons. The normalized spacial score (nSPS) is 28.1. The number of amides is 1. The highest BCUT2D eigenvalue weighted by Gasteiger charge is 2.40. The maximum atomic E-state index is 12.7. The van der Waals surface area contributed by atoms with Crippen LogP contribution in [0.25, 0.3) is 0 Å². The van der Waals surface area contributed by atoms with E-state index in [0.717, 1.165) is 14.1 Å². The highest BCUT2D eigenvalue weighted by atomic mass is 32.2. The first-order chi connectivity index (χ1) is 12.1. The summed E-state index contributed by atoms with van der Waals surface area (Å²) in [7, 11) is 1.68. The molecular formula is C18H22N2O2S3. The highest BCUT2D eigenvalue weighted by Crippen LogP contribution is 2.39. The Kier molecular flexibility index (Phi) is 5.08. The van der Waals surface area contributed by atoms with E-state index in [-0.39, 0.29) is 11.9 Å². The molecule has 0 aromatic carbocycles. The van der Waals surface area contributed by atoms with Gasteiger partial charge in [0.05, 0.1) is 20.4 Å². The minimum absolute atomic E-state index is 0.0752. The summed E-state index contributed by atoms with van der Waals surface area (Å²) in [5.74, 6) is 0.711. The van der Waals surface area contributed by atoms with Crippen molar-refractivity contribution in [2.75, 3.05) is 20.2 Å². The van der Waals surface area contributed by atoms with Gasteiger partial charge in [-0.1, -0.05) is 23.1 Å². The molecule has 0 spiro atoms. The number of hydrogen-bond donors (Lipinski definition) is 1. The summed E-state index contributed by atoms with van der Waals surface area (Å²) in [4.78, 5) is 16.0. The lowest BCUT2D eigenvalue weighted by Crippen LogP contribution is -2.62. The van der Waals surface area contributed by atoms with Gasteiger partial charge >= 0.3 is 0 Å². The van der Waals surface area contributed by atoms with E-state index in [1.807, 2.05) is 18.2 Å². The Bertz CT molecular complexity index is 747. The molecule has 1 amide bonds. The van der Waals surface area contributed by atoms with Crippen LogP contribution in [0.5, 0.6) is 5.06 Å². The van der Waals surface area contributed by atoms with Crippen molar-refractivity contribution < 1.29 is 9.53 Å². The summed E-state index contributed by atoms with van der Waals surface area (Å²) in [6.45, 7) is 4.61. The van der Waals surface area contributed by atoms with E-state index in [0.29, 0.717) is 12.0 Å². The van der Waals surface area contributed by atoms with Crippen molar-refractivity contribution in [3.8, 4) is 5.06 Å². The number of methoxy groups -OCH3 is 1. The quantitative estimate of drug-likeness (QED) is 0.826. The fraction of sp³-hybridized carbons (Fsp3) is 0.500. The molecule has 5 rings (SSSR count). The van der Waals surface area contributed by atoms with Crippen molar-refractivity contribution in [2.24, 2.45) is 5.92 Å². The third-order valence-corrected chi connectivity index (χ3v) is 8.63. The highest BCUT2D eigenvalue weighted by molar-refractivity contribution is 8.02. The van der Waals surface area contributed by atoms with Crippen molar-refractivity contribution in [1.82, 2.24) is 10.2 Å². The van der Waals surface area contributed by atoms with E-state index in [4.69, 9.17) is 4.74 Å². The van der Waals surface area contributed by atoms with Crippen LogP contribution in [-0.2, 0) is 0 Å². The number of carbonyl (C=O) groups is 1. The van der Waals surface area contributed by atoms with Crippen molar-refractivity contribution in [3.63, 3.8) is 0 Å². The topological polar surface area (TPSA) is 41.6 Å². The first kappa shape index (κ1) is 17.4. The SMILES string of the molecule is COc1ccc(Sc2ccc(C(=O)N[C@@H]3C4CCN(CC4)[C@H]3C)s2)s1. The van der Waals surface area contributed by atoms with Gasteiger partial charge in [0.25, 0.3) is 5.91 Å². The van der Waals surface area contributed by atoms with Crippen LogP contribution in [0.4, 0.5) is 0 Å². The minimum Gasteiger partial charge on any atom is -0.487 e. The zero-order valence-corrected chi connectivity index (χ0v) is 16.8. The molecule has 2 atom stereocenters. The molecule has 3 aliphatic rings. The minimum atomic E-state index is 0.0752. The lowest BCUT2D eigenvalue weighted by molar-refractivity contribution is 0.0218. The molecule has 4 nitrogen and oxygen atoms in total. The Labute approximate surface area is 160 Å². The molecule has 1 N–H and O–H groups in total. The standard InChI is InChI=1S/C18H22N2O2S3/c1-11-17(12-7-9-20(11)10-8-12)19-18(21)13-3-5-15(23-13)25-16-6-4-14(22-2)24-16/h3-6,11-12,17H,7-10H2,1-2H3,(H,19,21)/t11-,17-/m0/s1.